The van der Waals surface area contributed by atoms with Crippen molar-refractivity contribution in [1.82, 2.24) is 5.32 Å². The number of nitrogens with zero attached hydrogens (tertiary/aromatic N) is 1. The van der Waals surface area contributed by atoms with E-state index in [4.69, 9.17) is 20.8 Å². The number of thioether (sulfide) groups is 1. The Morgan fingerprint density at radius 3 is 2.81 bits per heavy atom. The fourth-order valence-electron chi connectivity index (χ4n) is 2.87. The molecule has 0 atom stereocenters. The van der Waals surface area contributed by atoms with Crippen molar-refractivity contribution in [3.05, 3.63) is 75.8 Å². The van der Waals surface area contributed by atoms with E-state index in [0.29, 0.717) is 38.6 Å². The number of nitrogens with one attached hydrogen (secondary N) is 1. The zero-order chi connectivity index (χ0) is 22.0. The van der Waals surface area contributed by atoms with Gasteiger partial charge >= 0.3 is 5.97 Å². The summed E-state index contributed by atoms with van der Waals surface area (Å²) in [6.07, 6.45) is 1.60. The molecule has 2 N–H and O–H groups in total. The predicted molar refractivity (Wildman–Crippen MR) is 120 cm³/mol. The highest BCUT2D eigenvalue weighted by Crippen LogP contribution is 2.33. The molecule has 1 aliphatic rings. The molecule has 2 aromatic carbocycles. The van der Waals surface area contributed by atoms with Gasteiger partial charge in [0, 0.05) is 11.6 Å². The number of benzene rings is 2. The lowest BCUT2D eigenvalue weighted by molar-refractivity contribution is -0.115. The quantitative estimate of drug-likeness (QED) is 0.514. The molecule has 0 unspecified atom stereocenters. The molecule has 156 valence electrons. The zero-order valence-electron chi connectivity index (χ0n) is 16.1. The number of aromatic carboxylic acids is 1. The van der Waals surface area contributed by atoms with Crippen molar-refractivity contribution in [2.75, 3.05) is 7.11 Å². The van der Waals surface area contributed by atoms with E-state index in [1.165, 1.54) is 23.9 Å². The number of ether oxygens (including phenoxy) is 1. The molecule has 1 aliphatic heterocycles. The normalized spacial score (nSPS) is 16.0. The molecule has 3 aromatic rings. The minimum atomic E-state index is -1.12. The number of methoxy groups -OCH3 is 1. The zero-order valence-corrected chi connectivity index (χ0v) is 17.7. The molecule has 31 heavy (non-hydrogen) atoms. The van der Waals surface area contributed by atoms with Gasteiger partial charge in [-0.05, 0) is 54.2 Å². The van der Waals surface area contributed by atoms with E-state index in [-0.39, 0.29) is 16.5 Å². The van der Waals surface area contributed by atoms with Crippen molar-refractivity contribution in [3.8, 4) is 17.1 Å². The van der Waals surface area contributed by atoms with Crippen LogP contribution in [0, 0.1) is 0 Å². The molecule has 2 heterocycles. The van der Waals surface area contributed by atoms with Gasteiger partial charge in [0.25, 0.3) is 5.91 Å². The van der Waals surface area contributed by atoms with Crippen LogP contribution in [-0.4, -0.2) is 29.3 Å². The van der Waals surface area contributed by atoms with Crippen molar-refractivity contribution in [1.29, 1.82) is 0 Å². The van der Waals surface area contributed by atoms with Gasteiger partial charge in [0.1, 0.15) is 23.0 Å². The van der Waals surface area contributed by atoms with Gasteiger partial charge < -0.3 is 19.6 Å². The number of hydrogen-bond acceptors (Lipinski definition) is 6. The maximum Gasteiger partial charge on any atom is 0.337 e. The topological polar surface area (TPSA) is 101 Å². The Labute approximate surface area is 186 Å². The molecule has 0 aliphatic carbocycles. The van der Waals surface area contributed by atoms with Crippen LogP contribution in [0.4, 0.5) is 5.69 Å². The number of aliphatic imine (C=N–C) groups is 1. The van der Waals surface area contributed by atoms with E-state index in [1.54, 1.807) is 43.5 Å². The second kappa shape index (κ2) is 8.71. The fourth-order valence-corrected chi connectivity index (χ4v) is 3.88. The first-order valence-electron chi connectivity index (χ1n) is 9.00. The van der Waals surface area contributed by atoms with E-state index in [9.17, 15) is 14.7 Å². The Balaban J connectivity index is 1.57. The highest BCUT2D eigenvalue weighted by Gasteiger charge is 2.25. The average molecular weight is 455 g/mol. The Kier molecular flexibility index (Phi) is 5.83. The largest absolute Gasteiger partial charge is 0.494 e. The molecular formula is C22H15ClN2O5S. The number of carboxylic acid groups (broad SMARTS) is 1. The number of hydrogen-bond donors (Lipinski definition) is 2. The summed E-state index contributed by atoms with van der Waals surface area (Å²) >= 11 is 7.10. The Morgan fingerprint density at radius 1 is 1.23 bits per heavy atom. The molecule has 1 amide bonds. The molecule has 1 aromatic heterocycles. The summed E-state index contributed by atoms with van der Waals surface area (Å²) in [5.41, 5.74) is 1.15. The Morgan fingerprint density at radius 2 is 2.03 bits per heavy atom. The lowest BCUT2D eigenvalue weighted by Gasteiger charge is -2.03. The van der Waals surface area contributed by atoms with Crippen LogP contribution < -0.4 is 10.1 Å². The van der Waals surface area contributed by atoms with E-state index >= 15 is 0 Å². The van der Waals surface area contributed by atoms with E-state index in [1.807, 2.05) is 12.1 Å². The number of amidine groups is 1. The first-order chi connectivity index (χ1) is 14.9. The van der Waals surface area contributed by atoms with Crippen molar-refractivity contribution < 1.29 is 23.8 Å². The standard InChI is InChI=1S/C22H15ClN2O5S/c1-29-18-5-3-2-4-16(18)24-22-25-20(26)19(31-22)11-13-7-9-17(30-13)12-6-8-15(23)14(10-12)21(27)28/h2-11H,1H3,(H,27,28)(H,24,25,26)/b19-11-. The minimum Gasteiger partial charge on any atom is -0.494 e. The molecule has 9 heteroatoms. The summed E-state index contributed by atoms with van der Waals surface area (Å²) < 4.78 is 11.1. The Hall–Kier alpha value is -3.49. The van der Waals surface area contributed by atoms with Gasteiger partial charge in [-0.1, -0.05) is 23.7 Å². The van der Waals surface area contributed by atoms with Gasteiger partial charge in [-0.15, -0.1) is 0 Å². The van der Waals surface area contributed by atoms with Crippen molar-refractivity contribution in [2.45, 2.75) is 0 Å². The first kappa shape index (κ1) is 20.8. The first-order valence-corrected chi connectivity index (χ1v) is 10.2. The highest BCUT2D eigenvalue weighted by atomic mass is 35.5. The van der Waals surface area contributed by atoms with E-state index < -0.39 is 5.97 Å². The smallest absolute Gasteiger partial charge is 0.337 e. The number of furan rings is 1. The maximum atomic E-state index is 12.3. The van der Waals surface area contributed by atoms with Gasteiger partial charge in [0.2, 0.25) is 0 Å². The number of carbonyl (C=O) groups excluding carboxylic acids is 1. The van der Waals surface area contributed by atoms with Crippen LogP contribution in [0.5, 0.6) is 5.75 Å². The van der Waals surface area contributed by atoms with Crippen LogP contribution in [-0.2, 0) is 4.79 Å². The summed E-state index contributed by atoms with van der Waals surface area (Å²) in [7, 11) is 1.55. The van der Waals surface area contributed by atoms with Gasteiger partial charge in [-0.2, -0.15) is 0 Å². The van der Waals surface area contributed by atoms with Crippen LogP contribution in [0.25, 0.3) is 17.4 Å². The summed E-state index contributed by atoms with van der Waals surface area (Å²) in [4.78, 5) is 28.5. The molecule has 0 radical (unpaired) electrons. The number of rotatable bonds is 5. The van der Waals surface area contributed by atoms with Crippen LogP contribution in [0.15, 0.2) is 68.9 Å². The van der Waals surface area contributed by atoms with Crippen molar-refractivity contribution >= 4 is 52.2 Å². The van der Waals surface area contributed by atoms with Gasteiger partial charge in [-0.25, -0.2) is 9.79 Å². The molecular weight excluding hydrogens is 440 g/mol. The van der Waals surface area contributed by atoms with Crippen LogP contribution in [0.2, 0.25) is 5.02 Å². The maximum absolute atomic E-state index is 12.3. The Bertz CT molecular complexity index is 1250. The number of carboxylic acids is 1. The van der Waals surface area contributed by atoms with Crippen LogP contribution in [0.3, 0.4) is 0 Å². The highest BCUT2D eigenvalue weighted by molar-refractivity contribution is 8.18. The molecule has 4 rings (SSSR count). The molecule has 1 saturated heterocycles. The summed E-state index contributed by atoms with van der Waals surface area (Å²) in [5.74, 6) is 0.0786. The number of halogens is 1. The molecule has 0 bridgehead atoms. The van der Waals surface area contributed by atoms with E-state index in [2.05, 4.69) is 10.3 Å². The second-order valence-electron chi connectivity index (χ2n) is 6.36. The number of para-hydroxylation sites is 2. The molecule has 0 saturated carbocycles. The molecule has 0 spiro atoms. The van der Waals surface area contributed by atoms with Crippen LogP contribution in [0.1, 0.15) is 16.1 Å². The summed E-state index contributed by atoms with van der Waals surface area (Å²) in [6, 6.07) is 15.2. The van der Waals surface area contributed by atoms with Crippen LogP contribution >= 0.6 is 23.4 Å². The fraction of sp³-hybridized carbons (Fsp3) is 0.0455. The monoisotopic (exact) mass is 454 g/mol. The number of carbonyl (C=O) groups is 2. The molecule has 7 nitrogen and oxygen atoms in total. The average Bonchev–Trinajstić information content (AvgIpc) is 3.35. The molecule has 1 fully saturated rings. The second-order valence-corrected chi connectivity index (χ2v) is 7.79. The summed E-state index contributed by atoms with van der Waals surface area (Å²) in [5, 5.41) is 12.5. The SMILES string of the molecule is COc1ccccc1N=C1NC(=O)/C(=C/c2ccc(-c3ccc(Cl)c(C(=O)O)c3)o2)S1. The van der Waals surface area contributed by atoms with Crippen molar-refractivity contribution in [2.24, 2.45) is 4.99 Å². The summed E-state index contributed by atoms with van der Waals surface area (Å²) in [6.45, 7) is 0. The third-order valence-electron chi connectivity index (χ3n) is 4.34. The lowest BCUT2D eigenvalue weighted by Crippen LogP contribution is -2.19. The van der Waals surface area contributed by atoms with E-state index in [0.717, 1.165) is 0 Å². The van der Waals surface area contributed by atoms with Crippen molar-refractivity contribution in [3.63, 3.8) is 0 Å². The minimum absolute atomic E-state index is 0.0154. The number of amides is 1. The van der Waals surface area contributed by atoms with Gasteiger partial charge in [-0.3, -0.25) is 4.79 Å². The van der Waals surface area contributed by atoms with Gasteiger partial charge in [0.15, 0.2) is 5.17 Å². The van der Waals surface area contributed by atoms with Gasteiger partial charge in [0.05, 0.1) is 22.6 Å². The third-order valence-corrected chi connectivity index (χ3v) is 5.58. The third kappa shape index (κ3) is 4.50. The predicted octanol–water partition coefficient (Wildman–Crippen LogP) is 5.20. The lowest BCUT2D eigenvalue weighted by atomic mass is 10.1.